The van der Waals surface area contributed by atoms with Crippen molar-refractivity contribution in [3.8, 4) is 0 Å². The van der Waals surface area contributed by atoms with E-state index in [-0.39, 0.29) is 24.2 Å². The molecular formula is C14H23NO4. The van der Waals surface area contributed by atoms with Crippen LogP contribution in [0.3, 0.4) is 0 Å². The average molecular weight is 269 g/mol. The highest BCUT2D eigenvalue weighted by Crippen LogP contribution is 2.54. The number of fused-ring (bicyclic) bond motifs is 1. The van der Waals surface area contributed by atoms with Crippen molar-refractivity contribution in [1.29, 1.82) is 0 Å². The Kier molecular flexibility index (Phi) is 4.80. The summed E-state index contributed by atoms with van der Waals surface area (Å²) in [6.45, 7) is 1.49. The van der Waals surface area contributed by atoms with Gasteiger partial charge >= 0.3 is 5.97 Å². The lowest BCUT2D eigenvalue weighted by atomic mass is 10.0. The van der Waals surface area contributed by atoms with Crippen LogP contribution in [0.4, 0.5) is 0 Å². The van der Waals surface area contributed by atoms with Gasteiger partial charge in [-0.25, -0.2) is 0 Å². The van der Waals surface area contributed by atoms with E-state index in [2.05, 4.69) is 4.74 Å². The third-order valence-electron chi connectivity index (χ3n) is 4.28. The van der Waals surface area contributed by atoms with E-state index in [1.807, 2.05) is 0 Å². The van der Waals surface area contributed by atoms with Gasteiger partial charge in [-0.2, -0.15) is 0 Å². The minimum absolute atomic E-state index is 0.165. The van der Waals surface area contributed by atoms with Crippen LogP contribution in [0.25, 0.3) is 0 Å². The molecule has 2 unspecified atom stereocenters. The van der Waals surface area contributed by atoms with Crippen molar-refractivity contribution >= 4 is 11.9 Å². The number of hydrogen-bond acceptors (Lipinski definition) is 4. The smallest absolute Gasteiger partial charge is 0.307 e. The maximum atomic E-state index is 12.4. The molecule has 0 radical (unpaired) electrons. The molecule has 0 N–H and O–H groups in total. The number of carbonyl (C=O) groups excluding carboxylic acids is 2. The van der Waals surface area contributed by atoms with E-state index in [9.17, 15) is 9.59 Å². The van der Waals surface area contributed by atoms with Crippen LogP contribution in [0.15, 0.2) is 0 Å². The Balaban J connectivity index is 1.84. The lowest BCUT2D eigenvalue weighted by molar-refractivity contribution is -0.142. The first kappa shape index (κ1) is 14.3. The van der Waals surface area contributed by atoms with Crippen LogP contribution < -0.4 is 0 Å². The molecule has 2 atom stereocenters. The summed E-state index contributed by atoms with van der Waals surface area (Å²) in [5.74, 6) is 1.66. The van der Waals surface area contributed by atoms with Crippen LogP contribution in [0.5, 0.6) is 0 Å². The van der Waals surface area contributed by atoms with Gasteiger partial charge in [-0.15, -0.1) is 0 Å². The fourth-order valence-electron chi connectivity index (χ4n) is 3.04. The zero-order valence-corrected chi connectivity index (χ0v) is 11.8. The van der Waals surface area contributed by atoms with E-state index in [4.69, 9.17) is 4.74 Å². The lowest BCUT2D eigenvalue weighted by Gasteiger charge is -2.25. The topological polar surface area (TPSA) is 55.8 Å². The molecule has 0 aromatic heterocycles. The van der Waals surface area contributed by atoms with Crippen LogP contribution in [0.1, 0.15) is 25.7 Å². The first-order valence-electron chi connectivity index (χ1n) is 7.00. The lowest BCUT2D eigenvalue weighted by Crippen LogP contribution is -2.39. The first-order chi connectivity index (χ1) is 9.15. The molecule has 0 saturated heterocycles. The van der Waals surface area contributed by atoms with E-state index < -0.39 is 0 Å². The van der Waals surface area contributed by atoms with Gasteiger partial charge < -0.3 is 14.4 Å². The number of rotatable bonds is 7. The van der Waals surface area contributed by atoms with E-state index in [0.717, 1.165) is 24.7 Å². The third kappa shape index (κ3) is 3.69. The second-order valence-corrected chi connectivity index (χ2v) is 5.57. The SMILES string of the molecule is COCCN(CCC(=O)OC)C(=O)C1CC2CC2C1. The number of ether oxygens (including phenoxy) is 2. The zero-order chi connectivity index (χ0) is 13.8. The van der Waals surface area contributed by atoms with Gasteiger partial charge in [0.2, 0.25) is 5.91 Å². The van der Waals surface area contributed by atoms with Crippen molar-refractivity contribution in [3.05, 3.63) is 0 Å². The minimum atomic E-state index is -0.274. The Morgan fingerprint density at radius 3 is 2.37 bits per heavy atom. The quantitative estimate of drug-likeness (QED) is 0.649. The van der Waals surface area contributed by atoms with Gasteiger partial charge in [0.15, 0.2) is 0 Å². The molecule has 0 heterocycles. The van der Waals surface area contributed by atoms with E-state index in [0.29, 0.717) is 19.7 Å². The van der Waals surface area contributed by atoms with Crippen molar-refractivity contribution in [2.24, 2.45) is 17.8 Å². The summed E-state index contributed by atoms with van der Waals surface area (Å²) in [7, 11) is 2.99. The molecule has 19 heavy (non-hydrogen) atoms. The maximum Gasteiger partial charge on any atom is 0.307 e. The Hall–Kier alpha value is -1.10. The van der Waals surface area contributed by atoms with Crippen molar-refractivity contribution < 1.29 is 19.1 Å². The van der Waals surface area contributed by atoms with Crippen molar-refractivity contribution in [2.45, 2.75) is 25.7 Å². The molecule has 2 aliphatic carbocycles. The number of carbonyl (C=O) groups is 2. The third-order valence-corrected chi connectivity index (χ3v) is 4.28. The van der Waals surface area contributed by atoms with Crippen LogP contribution in [-0.2, 0) is 19.1 Å². The molecule has 1 amide bonds. The van der Waals surface area contributed by atoms with E-state index in [1.54, 1.807) is 12.0 Å². The van der Waals surface area contributed by atoms with Crippen LogP contribution in [0.2, 0.25) is 0 Å². The van der Waals surface area contributed by atoms with Crippen LogP contribution in [0, 0.1) is 17.8 Å². The number of hydrogen-bond donors (Lipinski definition) is 0. The Morgan fingerprint density at radius 2 is 1.79 bits per heavy atom. The molecule has 2 saturated carbocycles. The second-order valence-electron chi connectivity index (χ2n) is 5.57. The van der Waals surface area contributed by atoms with E-state index in [1.165, 1.54) is 13.5 Å². The highest BCUT2D eigenvalue weighted by molar-refractivity contribution is 5.80. The average Bonchev–Trinajstić information content (AvgIpc) is 3.04. The molecule has 108 valence electrons. The van der Waals surface area contributed by atoms with Gasteiger partial charge in [0, 0.05) is 26.1 Å². The van der Waals surface area contributed by atoms with Crippen molar-refractivity contribution in [3.63, 3.8) is 0 Å². The van der Waals surface area contributed by atoms with Gasteiger partial charge in [0.1, 0.15) is 0 Å². The monoisotopic (exact) mass is 269 g/mol. The van der Waals surface area contributed by atoms with Crippen LogP contribution in [-0.4, -0.2) is 50.7 Å². The standard InChI is InChI=1S/C14H23NO4/c1-18-6-5-15(4-3-13(16)19-2)14(17)12-8-10-7-11(10)9-12/h10-12H,3-9H2,1-2H3. The zero-order valence-electron chi connectivity index (χ0n) is 11.8. The molecule has 2 fully saturated rings. The first-order valence-corrected chi connectivity index (χ1v) is 7.00. The molecule has 2 aliphatic rings. The normalized spacial score (nSPS) is 27.8. The summed E-state index contributed by atoms with van der Waals surface area (Å²) < 4.78 is 9.66. The van der Waals surface area contributed by atoms with Crippen molar-refractivity contribution in [2.75, 3.05) is 33.9 Å². The number of esters is 1. The number of amides is 1. The summed E-state index contributed by atoms with van der Waals surface area (Å²) in [6.07, 6.45) is 3.63. The molecular weight excluding hydrogens is 246 g/mol. The largest absolute Gasteiger partial charge is 0.469 e. The highest BCUT2D eigenvalue weighted by atomic mass is 16.5. The second kappa shape index (κ2) is 6.37. The van der Waals surface area contributed by atoms with Crippen LogP contribution >= 0.6 is 0 Å². The molecule has 0 bridgehead atoms. The van der Waals surface area contributed by atoms with Gasteiger partial charge in [0.25, 0.3) is 0 Å². The van der Waals surface area contributed by atoms with Crippen molar-refractivity contribution in [1.82, 2.24) is 4.90 Å². The molecule has 5 nitrogen and oxygen atoms in total. The van der Waals surface area contributed by atoms with E-state index >= 15 is 0 Å². The highest BCUT2D eigenvalue weighted by Gasteiger charge is 2.48. The molecule has 5 heteroatoms. The summed E-state index contributed by atoms with van der Waals surface area (Å²) in [5, 5.41) is 0. The molecule has 0 aromatic rings. The fraction of sp³-hybridized carbons (Fsp3) is 0.857. The summed E-state index contributed by atoms with van der Waals surface area (Å²) in [5.41, 5.74) is 0. The van der Waals surface area contributed by atoms with Gasteiger partial charge in [-0.1, -0.05) is 0 Å². The minimum Gasteiger partial charge on any atom is -0.469 e. The molecule has 0 spiro atoms. The summed E-state index contributed by atoms with van der Waals surface area (Å²) in [4.78, 5) is 25.4. The van der Waals surface area contributed by atoms with Gasteiger partial charge in [-0.05, 0) is 31.1 Å². The maximum absolute atomic E-state index is 12.4. The number of nitrogens with zero attached hydrogens (tertiary/aromatic N) is 1. The van der Waals surface area contributed by atoms with Gasteiger partial charge in [-0.3, -0.25) is 9.59 Å². The predicted octanol–water partition coefficient (Wildman–Crippen LogP) is 1.07. The summed E-state index contributed by atoms with van der Waals surface area (Å²) >= 11 is 0. The molecule has 0 aromatic carbocycles. The Bertz CT molecular complexity index is 334. The molecule has 0 aliphatic heterocycles. The summed E-state index contributed by atoms with van der Waals surface area (Å²) in [6, 6.07) is 0. The fourth-order valence-corrected chi connectivity index (χ4v) is 3.04. The van der Waals surface area contributed by atoms with Gasteiger partial charge in [0.05, 0.1) is 20.1 Å². The Morgan fingerprint density at radius 1 is 1.11 bits per heavy atom. The Labute approximate surface area is 114 Å². The predicted molar refractivity (Wildman–Crippen MR) is 69.4 cm³/mol. The molecule has 2 rings (SSSR count). The number of methoxy groups -OCH3 is 2.